The Morgan fingerprint density at radius 3 is 2.15 bits per heavy atom. The van der Waals surface area contributed by atoms with Gasteiger partial charge in [0.25, 0.3) is 0 Å². The second-order valence-electron chi connectivity index (χ2n) is 5.00. The molecule has 0 spiro atoms. The molecule has 3 rings (SSSR count). The molecule has 0 saturated carbocycles. The third-order valence-corrected chi connectivity index (χ3v) is 5.66. The van der Waals surface area contributed by atoms with Gasteiger partial charge in [0.2, 0.25) is 10.0 Å². The summed E-state index contributed by atoms with van der Waals surface area (Å²) in [6.07, 6.45) is 1.79. The zero-order valence-electron chi connectivity index (χ0n) is 11.1. The normalized spacial score (nSPS) is 20.1. The van der Waals surface area contributed by atoms with Crippen molar-refractivity contribution in [1.82, 2.24) is 4.31 Å². The summed E-state index contributed by atoms with van der Waals surface area (Å²) < 4.78 is 27.1. The molecule has 1 fully saturated rings. The van der Waals surface area contributed by atoms with E-state index < -0.39 is 10.0 Å². The minimum absolute atomic E-state index is 0.0404. The lowest BCUT2D eigenvalue weighted by molar-refractivity contribution is 0.396. The Labute approximate surface area is 119 Å². The van der Waals surface area contributed by atoms with Crippen LogP contribution in [0, 0.1) is 0 Å². The van der Waals surface area contributed by atoms with Crippen LogP contribution in [0.1, 0.15) is 24.4 Å². The van der Waals surface area contributed by atoms with Crippen LogP contribution in [0.25, 0.3) is 0 Å². The molecule has 0 bridgehead atoms. The predicted octanol–water partition coefficient (Wildman–Crippen LogP) is 3.21. The molecule has 1 heterocycles. The van der Waals surface area contributed by atoms with Crippen molar-refractivity contribution in [3.63, 3.8) is 0 Å². The third kappa shape index (κ3) is 2.37. The van der Waals surface area contributed by atoms with Crippen LogP contribution in [0.15, 0.2) is 65.6 Å². The van der Waals surface area contributed by atoms with Gasteiger partial charge >= 0.3 is 0 Å². The lowest BCUT2D eigenvalue weighted by atomic mass is 10.1. The van der Waals surface area contributed by atoms with Crippen LogP contribution >= 0.6 is 0 Å². The molecule has 1 atom stereocenters. The largest absolute Gasteiger partial charge is 0.243 e. The van der Waals surface area contributed by atoms with Gasteiger partial charge in [0.1, 0.15) is 0 Å². The molecule has 2 aromatic carbocycles. The van der Waals surface area contributed by atoms with Gasteiger partial charge in [-0.25, -0.2) is 8.42 Å². The van der Waals surface area contributed by atoms with Gasteiger partial charge in [-0.3, -0.25) is 0 Å². The molecule has 20 heavy (non-hydrogen) atoms. The highest BCUT2D eigenvalue weighted by molar-refractivity contribution is 7.89. The summed E-state index contributed by atoms with van der Waals surface area (Å²) in [5.74, 6) is 0. The summed E-state index contributed by atoms with van der Waals surface area (Å²) in [5, 5.41) is 0. The number of rotatable bonds is 3. The summed E-state index contributed by atoms with van der Waals surface area (Å²) in [5.41, 5.74) is 1.07. The molecule has 0 aromatic heterocycles. The quantitative estimate of drug-likeness (QED) is 0.869. The van der Waals surface area contributed by atoms with E-state index in [-0.39, 0.29) is 6.04 Å². The average molecular weight is 287 g/mol. The number of benzene rings is 2. The van der Waals surface area contributed by atoms with Crippen molar-refractivity contribution in [1.29, 1.82) is 0 Å². The van der Waals surface area contributed by atoms with E-state index in [2.05, 4.69) is 0 Å². The van der Waals surface area contributed by atoms with Gasteiger partial charge in [-0.05, 0) is 30.5 Å². The standard InChI is InChI=1S/C16H17NO2S/c18-20(19,15-10-5-2-6-11-15)17-13-7-12-16(17)14-8-3-1-4-9-14/h1-6,8-11,16H,7,12-13H2. The first-order valence-electron chi connectivity index (χ1n) is 6.81. The molecule has 1 aliphatic heterocycles. The van der Waals surface area contributed by atoms with E-state index in [0.717, 1.165) is 18.4 Å². The fourth-order valence-electron chi connectivity index (χ4n) is 2.76. The van der Waals surface area contributed by atoms with Gasteiger partial charge in [-0.15, -0.1) is 0 Å². The molecule has 0 N–H and O–H groups in total. The minimum Gasteiger partial charge on any atom is -0.207 e. The molecule has 104 valence electrons. The summed E-state index contributed by atoms with van der Waals surface area (Å²) in [4.78, 5) is 0.378. The molecule has 0 aliphatic carbocycles. The Morgan fingerprint density at radius 1 is 0.900 bits per heavy atom. The molecule has 0 amide bonds. The van der Waals surface area contributed by atoms with Crippen LogP contribution in [0.5, 0.6) is 0 Å². The third-order valence-electron chi connectivity index (χ3n) is 3.74. The monoisotopic (exact) mass is 287 g/mol. The summed E-state index contributed by atoms with van der Waals surface area (Å²) in [6.45, 7) is 0.594. The van der Waals surface area contributed by atoms with Gasteiger partial charge in [-0.2, -0.15) is 4.31 Å². The van der Waals surface area contributed by atoms with Gasteiger partial charge in [0.05, 0.1) is 10.9 Å². The first kappa shape index (κ1) is 13.3. The van der Waals surface area contributed by atoms with Crippen LogP contribution in [-0.2, 0) is 10.0 Å². The zero-order chi connectivity index (χ0) is 14.0. The Kier molecular flexibility index (Phi) is 3.59. The first-order chi connectivity index (χ1) is 9.69. The molecular weight excluding hydrogens is 270 g/mol. The van der Waals surface area contributed by atoms with E-state index in [9.17, 15) is 8.42 Å². The Bertz CT molecular complexity index is 668. The van der Waals surface area contributed by atoms with E-state index in [0.29, 0.717) is 11.4 Å². The fraction of sp³-hybridized carbons (Fsp3) is 0.250. The van der Waals surface area contributed by atoms with E-state index in [4.69, 9.17) is 0 Å². The van der Waals surface area contributed by atoms with Crippen molar-refractivity contribution in [2.24, 2.45) is 0 Å². The van der Waals surface area contributed by atoms with Crippen molar-refractivity contribution < 1.29 is 8.42 Å². The molecule has 0 radical (unpaired) electrons. The second-order valence-corrected chi connectivity index (χ2v) is 6.89. The van der Waals surface area contributed by atoms with E-state index >= 15 is 0 Å². The van der Waals surface area contributed by atoms with Crippen LogP contribution in [0.3, 0.4) is 0 Å². The first-order valence-corrected chi connectivity index (χ1v) is 8.25. The number of hydrogen-bond donors (Lipinski definition) is 0. The lowest BCUT2D eigenvalue weighted by Gasteiger charge is -2.24. The van der Waals surface area contributed by atoms with Gasteiger partial charge in [0, 0.05) is 6.54 Å². The maximum atomic E-state index is 12.7. The zero-order valence-corrected chi connectivity index (χ0v) is 12.0. The highest BCUT2D eigenvalue weighted by Gasteiger charge is 2.35. The smallest absolute Gasteiger partial charge is 0.207 e. The van der Waals surface area contributed by atoms with Gasteiger partial charge < -0.3 is 0 Å². The number of hydrogen-bond acceptors (Lipinski definition) is 2. The minimum atomic E-state index is -3.40. The molecule has 1 saturated heterocycles. The maximum absolute atomic E-state index is 12.7. The summed E-state index contributed by atoms with van der Waals surface area (Å²) >= 11 is 0. The second kappa shape index (κ2) is 5.38. The molecular formula is C16H17NO2S. The van der Waals surface area contributed by atoms with Crippen molar-refractivity contribution in [3.05, 3.63) is 66.2 Å². The van der Waals surface area contributed by atoms with Crippen LogP contribution in [-0.4, -0.2) is 19.3 Å². The van der Waals surface area contributed by atoms with Crippen LogP contribution < -0.4 is 0 Å². The van der Waals surface area contributed by atoms with Crippen molar-refractivity contribution in [2.75, 3.05) is 6.54 Å². The van der Waals surface area contributed by atoms with Crippen molar-refractivity contribution >= 4 is 10.0 Å². The van der Waals surface area contributed by atoms with Gasteiger partial charge in [0.15, 0.2) is 0 Å². The van der Waals surface area contributed by atoms with E-state index in [1.807, 2.05) is 36.4 Å². The topological polar surface area (TPSA) is 37.4 Å². The van der Waals surface area contributed by atoms with Crippen molar-refractivity contribution in [3.8, 4) is 0 Å². The Balaban J connectivity index is 1.97. The Hall–Kier alpha value is -1.65. The molecule has 2 aromatic rings. The summed E-state index contributed by atoms with van der Waals surface area (Å²) in [6, 6.07) is 18.5. The van der Waals surface area contributed by atoms with Crippen LogP contribution in [0.4, 0.5) is 0 Å². The highest BCUT2D eigenvalue weighted by atomic mass is 32.2. The van der Waals surface area contributed by atoms with E-state index in [1.54, 1.807) is 28.6 Å². The van der Waals surface area contributed by atoms with E-state index in [1.165, 1.54) is 0 Å². The maximum Gasteiger partial charge on any atom is 0.243 e. The number of nitrogens with zero attached hydrogens (tertiary/aromatic N) is 1. The molecule has 3 nitrogen and oxygen atoms in total. The number of sulfonamides is 1. The van der Waals surface area contributed by atoms with Gasteiger partial charge in [-0.1, -0.05) is 48.5 Å². The fourth-order valence-corrected chi connectivity index (χ4v) is 4.47. The lowest BCUT2D eigenvalue weighted by Crippen LogP contribution is -2.30. The highest BCUT2D eigenvalue weighted by Crippen LogP contribution is 2.36. The molecule has 4 heteroatoms. The van der Waals surface area contributed by atoms with Crippen LogP contribution in [0.2, 0.25) is 0 Å². The molecule has 1 aliphatic rings. The van der Waals surface area contributed by atoms with Crippen molar-refractivity contribution in [2.45, 2.75) is 23.8 Å². The summed E-state index contributed by atoms with van der Waals surface area (Å²) in [7, 11) is -3.40. The predicted molar refractivity (Wildman–Crippen MR) is 78.8 cm³/mol. The molecule has 1 unspecified atom stereocenters. The average Bonchev–Trinajstić information content (AvgIpc) is 2.99. The SMILES string of the molecule is O=S(=O)(c1ccccc1)N1CCCC1c1ccccc1. The Morgan fingerprint density at radius 2 is 1.50 bits per heavy atom.